The summed E-state index contributed by atoms with van der Waals surface area (Å²) in [5, 5.41) is 0. The van der Waals surface area contributed by atoms with Gasteiger partial charge in [0, 0.05) is 22.5 Å². The average Bonchev–Trinajstić information content (AvgIpc) is 3.57. The second-order valence-corrected chi connectivity index (χ2v) is 9.53. The quantitative estimate of drug-likeness (QED) is 0.120. The van der Waals surface area contributed by atoms with Crippen molar-refractivity contribution >= 4 is 33.4 Å². The summed E-state index contributed by atoms with van der Waals surface area (Å²) in [6, 6.07) is 27.3. The molecule has 2 heterocycles. The lowest BCUT2D eigenvalue weighted by Crippen LogP contribution is -2.01. The number of anilines is 2. The molecule has 6 rings (SSSR count). The molecule has 0 saturated heterocycles. The topological polar surface area (TPSA) is 128 Å². The average molecular weight is 519 g/mol. The molecule has 2 aromatic heterocycles. The Hall–Kier alpha value is -4.98. The molecule has 39 heavy (non-hydrogen) atoms. The van der Waals surface area contributed by atoms with Crippen LogP contribution in [0.15, 0.2) is 84.9 Å². The second-order valence-electron chi connectivity index (χ2n) is 9.53. The van der Waals surface area contributed by atoms with Gasteiger partial charge in [-0.1, -0.05) is 0 Å². The number of nitrogens with zero attached hydrogens (tertiary/aromatic N) is 2. The molecule has 0 radical (unpaired) electrons. The number of rotatable bonds is 10. The molecular formula is C31H30N6O2. The van der Waals surface area contributed by atoms with Gasteiger partial charge in [-0.15, -0.1) is 0 Å². The van der Waals surface area contributed by atoms with E-state index in [4.69, 9.17) is 20.9 Å². The molecule has 0 aliphatic carbocycles. The summed E-state index contributed by atoms with van der Waals surface area (Å²) < 4.78 is 11.8. The number of unbranched alkanes of at least 4 members (excludes halogenated alkanes) is 2. The highest BCUT2D eigenvalue weighted by atomic mass is 16.5. The van der Waals surface area contributed by atoms with E-state index < -0.39 is 0 Å². The predicted octanol–water partition coefficient (Wildman–Crippen LogP) is 6.57. The van der Waals surface area contributed by atoms with Crippen molar-refractivity contribution in [3.63, 3.8) is 0 Å². The van der Waals surface area contributed by atoms with E-state index in [1.807, 2.05) is 84.9 Å². The van der Waals surface area contributed by atoms with E-state index in [1.165, 1.54) is 0 Å². The molecule has 8 nitrogen and oxygen atoms in total. The molecule has 4 aromatic carbocycles. The maximum absolute atomic E-state index is 5.92. The first-order valence-corrected chi connectivity index (χ1v) is 13.1. The summed E-state index contributed by atoms with van der Waals surface area (Å²) in [7, 11) is 0. The van der Waals surface area contributed by atoms with E-state index in [9.17, 15) is 0 Å². The number of imidazole rings is 2. The Morgan fingerprint density at radius 2 is 0.974 bits per heavy atom. The largest absolute Gasteiger partial charge is 0.494 e. The van der Waals surface area contributed by atoms with Crippen molar-refractivity contribution in [2.75, 3.05) is 24.7 Å². The van der Waals surface area contributed by atoms with Crippen LogP contribution in [0.1, 0.15) is 19.3 Å². The van der Waals surface area contributed by atoms with Crippen molar-refractivity contribution in [1.29, 1.82) is 0 Å². The van der Waals surface area contributed by atoms with Gasteiger partial charge in [0.1, 0.15) is 23.1 Å². The normalized spacial score (nSPS) is 11.3. The number of ether oxygens (including phenoxy) is 2. The van der Waals surface area contributed by atoms with Gasteiger partial charge in [0.2, 0.25) is 0 Å². The molecule has 6 aromatic rings. The van der Waals surface area contributed by atoms with E-state index in [1.54, 1.807) is 0 Å². The van der Waals surface area contributed by atoms with E-state index >= 15 is 0 Å². The molecule has 6 N–H and O–H groups in total. The SMILES string of the molecule is Nc1ccc2nc(-c3ccc(OCCCCCOc4ccc(-c5nc6ccc(N)cc6[nH]5)cc4)cc3)[nH]c2c1. The number of H-pyrrole nitrogens is 2. The molecule has 196 valence electrons. The minimum Gasteiger partial charge on any atom is -0.494 e. The molecule has 0 aliphatic heterocycles. The molecule has 0 unspecified atom stereocenters. The van der Waals surface area contributed by atoms with Gasteiger partial charge in [-0.05, 0) is 104 Å². The lowest BCUT2D eigenvalue weighted by Gasteiger charge is -2.08. The Balaban J connectivity index is 0.913. The number of nitrogen functional groups attached to an aromatic ring is 2. The molecule has 0 aliphatic rings. The number of nitrogens with two attached hydrogens (primary N) is 2. The van der Waals surface area contributed by atoms with Gasteiger partial charge < -0.3 is 30.9 Å². The van der Waals surface area contributed by atoms with Crippen LogP contribution < -0.4 is 20.9 Å². The number of fused-ring (bicyclic) bond motifs is 2. The first-order chi connectivity index (χ1) is 19.1. The minimum absolute atomic E-state index is 0.668. The van der Waals surface area contributed by atoms with Crippen molar-refractivity contribution < 1.29 is 9.47 Å². The Labute approximate surface area is 226 Å². The number of benzene rings is 4. The monoisotopic (exact) mass is 518 g/mol. The summed E-state index contributed by atoms with van der Waals surface area (Å²) >= 11 is 0. The third-order valence-corrected chi connectivity index (χ3v) is 6.59. The Morgan fingerprint density at radius 1 is 0.538 bits per heavy atom. The molecule has 0 spiro atoms. The number of nitrogens with one attached hydrogen (secondary N) is 2. The Morgan fingerprint density at radius 3 is 1.41 bits per heavy atom. The maximum atomic E-state index is 5.92. The first kappa shape index (κ1) is 24.4. The summed E-state index contributed by atoms with van der Waals surface area (Å²) in [5.74, 6) is 3.33. The second kappa shape index (κ2) is 10.8. The zero-order valence-corrected chi connectivity index (χ0v) is 21.5. The molecule has 0 bridgehead atoms. The van der Waals surface area contributed by atoms with Gasteiger partial charge >= 0.3 is 0 Å². The molecule has 8 heteroatoms. The fourth-order valence-corrected chi connectivity index (χ4v) is 4.51. The highest BCUT2D eigenvalue weighted by Crippen LogP contribution is 2.25. The number of aromatic amines is 2. The zero-order chi connectivity index (χ0) is 26.6. The lowest BCUT2D eigenvalue weighted by atomic mass is 10.2. The van der Waals surface area contributed by atoms with Crippen molar-refractivity contribution in [3.05, 3.63) is 84.9 Å². The van der Waals surface area contributed by atoms with Crippen molar-refractivity contribution in [2.45, 2.75) is 19.3 Å². The summed E-state index contributed by atoms with van der Waals surface area (Å²) in [5.41, 5.74) is 18.8. The van der Waals surface area contributed by atoms with E-state index in [2.05, 4.69) is 19.9 Å². The van der Waals surface area contributed by atoms with Crippen LogP contribution in [0.25, 0.3) is 44.8 Å². The van der Waals surface area contributed by atoms with Crippen LogP contribution in [0, 0.1) is 0 Å². The third-order valence-electron chi connectivity index (χ3n) is 6.59. The summed E-state index contributed by atoms with van der Waals surface area (Å²) in [6.07, 6.45) is 2.96. The molecule has 0 fully saturated rings. The highest BCUT2D eigenvalue weighted by molar-refractivity contribution is 5.83. The van der Waals surface area contributed by atoms with Crippen molar-refractivity contribution in [2.24, 2.45) is 0 Å². The van der Waals surface area contributed by atoms with Gasteiger partial charge in [0.15, 0.2) is 0 Å². The number of aromatic nitrogens is 4. The Kier molecular flexibility index (Phi) is 6.74. The fraction of sp³-hybridized carbons (Fsp3) is 0.161. The van der Waals surface area contributed by atoms with E-state index in [-0.39, 0.29) is 0 Å². The summed E-state index contributed by atoms with van der Waals surface area (Å²) in [4.78, 5) is 15.9. The maximum Gasteiger partial charge on any atom is 0.138 e. The summed E-state index contributed by atoms with van der Waals surface area (Å²) in [6.45, 7) is 1.34. The van der Waals surface area contributed by atoms with Gasteiger partial charge in [-0.2, -0.15) is 0 Å². The molecule has 0 amide bonds. The third kappa shape index (κ3) is 5.65. The van der Waals surface area contributed by atoms with Crippen LogP contribution in [0.5, 0.6) is 11.5 Å². The van der Waals surface area contributed by atoms with Crippen LogP contribution in [0.2, 0.25) is 0 Å². The van der Waals surface area contributed by atoms with E-state index in [0.29, 0.717) is 24.6 Å². The van der Waals surface area contributed by atoms with Gasteiger partial charge in [0.25, 0.3) is 0 Å². The molecule has 0 atom stereocenters. The van der Waals surface area contributed by atoms with Crippen molar-refractivity contribution in [3.8, 4) is 34.3 Å². The van der Waals surface area contributed by atoms with Crippen LogP contribution in [-0.2, 0) is 0 Å². The van der Waals surface area contributed by atoms with Gasteiger partial charge in [-0.25, -0.2) is 9.97 Å². The standard InChI is InChI=1S/C31H30N6O2/c32-22-8-14-26-28(18-22)36-30(34-26)20-4-10-24(11-5-20)38-16-2-1-3-17-39-25-12-6-21(7-13-25)31-35-27-15-9-23(33)19-29(27)37-31/h4-15,18-19H,1-3,16-17,32-33H2,(H,34,36)(H,35,37). The Bertz CT molecular complexity index is 1580. The first-order valence-electron chi connectivity index (χ1n) is 13.1. The zero-order valence-electron chi connectivity index (χ0n) is 21.5. The van der Waals surface area contributed by atoms with Gasteiger partial charge in [-0.3, -0.25) is 0 Å². The smallest absolute Gasteiger partial charge is 0.138 e. The molecular weight excluding hydrogens is 488 g/mol. The van der Waals surface area contributed by atoms with Gasteiger partial charge in [0.05, 0.1) is 35.3 Å². The van der Waals surface area contributed by atoms with Crippen LogP contribution in [0.4, 0.5) is 11.4 Å². The van der Waals surface area contributed by atoms with Crippen molar-refractivity contribution in [1.82, 2.24) is 19.9 Å². The highest BCUT2D eigenvalue weighted by Gasteiger charge is 2.07. The van der Waals surface area contributed by atoms with E-state index in [0.717, 1.165) is 75.6 Å². The fourth-order valence-electron chi connectivity index (χ4n) is 4.51. The predicted molar refractivity (Wildman–Crippen MR) is 157 cm³/mol. The van der Waals surface area contributed by atoms with Crippen LogP contribution in [0.3, 0.4) is 0 Å². The van der Waals surface area contributed by atoms with Crippen LogP contribution in [-0.4, -0.2) is 33.1 Å². The number of hydrogen-bond acceptors (Lipinski definition) is 6. The lowest BCUT2D eigenvalue weighted by molar-refractivity contribution is 0.279. The number of hydrogen-bond donors (Lipinski definition) is 4. The minimum atomic E-state index is 0.668. The molecule has 0 saturated carbocycles. The van der Waals surface area contributed by atoms with Crippen LogP contribution >= 0.6 is 0 Å².